The van der Waals surface area contributed by atoms with E-state index in [0.717, 1.165) is 11.3 Å². The molecule has 3 N–H and O–H groups in total. The van der Waals surface area contributed by atoms with Gasteiger partial charge in [0, 0.05) is 11.1 Å². The second-order valence-corrected chi connectivity index (χ2v) is 4.59. The van der Waals surface area contributed by atoms with Gasteiger partial charge >= 0.3 is 10.8 Å². The first kappa shape index (κ1) is 10.9. The van der Waals surface area contributed by atoms with Crippen molar-refractivity contribution >= 4 is 23.2 Å². The van der Waals surface area contributed by atoms with Crippen LogP contribution in [0.4, 0.5) is 0 Å². The summed E-state index contributed by atoms with van der Waals surface area (Å²) in [7, 11) is 0. The van der Waals surface area contributed by atoms with Gasteiger partial charge in [-0.15, -0.1) is 0 Å². The van der Waals surface area contributed by atoms with Crippen molar-refractivity contribution < 1.29 is 14.7 Å². The standard InChI is InChI=1S/C9H10N2O4S/c12-6(9(1-2-9)7(13)14)10-3-5-4-16-8(15)11-5/h4H,1-3H2,(H,10,12)(H,11,15)(H,13,14). The van der Waals surface area contributed by atoms with E-state index in [1.165, 1.54) is 0 Å². The molecule has 86 valence electrons. The molecule has 1 saturated carbocycles. The van der Waals surface area contributed by atoms with Crippen LogP contribution in [0, 0.1) is 5.41 Å². The molecule has 1 fully saturated rings. The second kappa shape index (κ2) is 3.75. The van der Waals surface area contributed by atoms with Crippen LogP contribution in [0.2, 0.25) is 0 Å². The topological polar surface area (TPSA) is 99.3 Å². The largest absolute Gasteiger partial charge is 0.480 e. The normalized spacial score (nSPS) is 16.8. The van der Waals surface area contributed by atoms with Crippen LogP contribution in [0.25, 0.3) is 0 Å². The Bertz CT molecular complexity index is 486. The molecule has 16 heavy (non-hydrogen) atoms. The van der Waals surface area contributed by atoms with Gasteiger partial charge in [-0.2, -0.15) is 0 Å². The lowest BCUT2D eigenvalue weighted by molar-refractivity contribution is -0.149. The van der Waals surface area contributed by atoms with Crippen molar-refractivity contribution in [3.8, 4) is 0 Å². The first-order valence-electron chi connectivity index (χ1n) is 4.73. The highest BCUT2D eigenvalue weighted by molar-refractivity contribution is 7.07. The van der Waals surface area contributed by atoms with E-state index in [2.05, 4.69) is 10.3 Å². The van der Waals surface area contributed by atoms with Crippen molar-refractivity contribution in [2.24, 2.45) is 5.41 Å². The number of carbonyl (C=O) groups is 2. The summed E-state index contributed by atoms with van der Waals surface area (Å²) in [6.45, 7) is 0.159. The van der Waals surface area contributed by atoms with Crippen molar-refractivity contribution in [2.45, 2.75) is 19.4 Å². The number of aliphatic carboxylic acids is 1. The molecule has 0 spiro atoms. The lowest BCUT2D eigenvalue weighted by atomic mass is 10.1. The fourth-order valence-corrected chi connectivity index (χ4v) is 1.99. The SMILES string of the molecule is O=C(O)C1(C(=O)NCc2csc(=O)[nH]2)CC1. The Morgan fingerprint density at radius 2 is 2.25 bits per heavy atom. The number of aromatic amines is 1. The van der Waals surface area contributed by atoms with Crippen molar-refractivity contribution in [1.29, 1.82) is 0 Å². The molecule has 1 aliphatic carbocycles. The number of rotatable bonds is 4. The van der Waals surface area contributed by atoms with Gasteiger partial charge in [0.25, 0.3) is 0 Å². The highest BCUT2D eigenvalue weighted by Gasteiger charge is 2.56. The summed E-state index contributed by atoms with van der Waals surface area (Å²) in [4.78, 5) is 35.5. The Morgan fingerprint density at radius 3 is 2.69 bits per heavy atom. The molecule has 0 radical (unpaired) electrons. The van der Waals surface area contributed by atoms with E-state index >= 15 is 0 Å². The quantitative estimate of drug-likeness (QED) is 0.643. The Balaban J connectivity index is 1.94. The minimum atomic E-state index is -1.23. The Labute approximate surface area is 94.3 Å². The lowest BCUT2D eigenvalue weighted by Gasteiger charge is -2.09. The molecule has 0 aromatic carbocycles. The van der Waals surface area contributed by atoms with Gasteiger partial charge < -0.3 is 15.4 Å². The predicted octanol–water partition coefficient (Wildman–Crippen LogP) is -0.0826. The summed E-state index contributed by atoms with van der Waals surface area (Å²) >= 11 is 1.01. The molecule has 1 aromatic heterocycles. The Kier molecular flexibility index (Phi) is 2.55. The first-order chi connectivity index (χ1) is 7.54. The van der Waals surface area contributed by atoms with E-state index in [1.54, 1.807) is 5.38 Å². The summed E-state index contributed by atoms with van der Waals surface area (Å²) in [5.41, 5.74) is -0.638. The average molecular weight is 242 g/mol. The predicted molar refractivity (Wildman–Crippen MR) is 56.1 cm³/mol. The number of H-pyrrole nitrogens is 1. The van der Waals surface area contributed by atoms with Gasteiger partial charge in [-0.05, 0) is 12.8 Å². The molecule has 0 atom stereocenters. The Morgan fingerprint density at radius 1 is 1.56 bits per heavy atom. The third kappa shape index (κ3) is 1.85. The summed E-state index contributed by atoms with van der Waals surface area (Å²) in [5, 5.41) is 13.0. The van der Waals surface area contributed by atoms with Gasteiger partial charge in [-0.3, -0.25) is 14.4 Å². The number of hydrogen-bond donors (Lipinski definition) is 3. The highest BCUT2D eigenvalue weighted by Crippen LogP contribution is 2.46. The van der Waals surface area contributed by atoms with Crippen molar-refractivity contribution in [1.82, 2.24) is 10.3 Å². The zero-order chi connectivity index (χ0) is 11.8. The molecular formula is C9H10N2O4S. The van der Waals surface area contributed by atoms with Crippen LogP contribution >= 0.6 is 11.3 Å². The fraction of sp³-hybridized carbons (Fsp3) is 0.444. The smallest absolute Gasteiger partial charge is 0.319 e. The maximum atomic E-state index is 11.6. The van der Waals surface area contributed by atoms with Crippen LogP contribution in [0.15, 0.2) is 10.2 Å². The number of nitrogens with one attached hydrogen (secondary N) is 2. The molecule has 0 bridgehead atoms. The van der Waals surface area contributed by atoms with Gasteiger partial charge in [-0.1, -0.05) is 11.3 Å². The molecule has 1 aliphatic rings. The number of hydrogen-bond acceptors (Lipinski definition) is 4. The van der Waals surface area contributed by atoms with E-state index in [1.807, 2.05) is 0 Å². The van der Waals surface area contributed by atoms with Crippen LogP contribution in [0.3, 0.4) is 0 Å². The van der Waals surface area contributed by atoms with Crippen molar-refractivity contribution in [2.75, 3.05) is 0 Å². The second-order valence-electron chi connectivity index (χ2n) is 3.74. The van der Waals surface area contributed by atoms with E-state index in [9.17, 15) is 14.4 Å². The number of aromatic nitrogens is 1. The number of carbonyl (C=O) groups excluding carboxylic acids is 1. The molecule has 0 saturated heterocycles. The highest BCUT2D eigenvalue weighted by atomic mass is 32.1. The summed E-state index contributed by atoms with van der Waals surface area (Å²) < 4.78 is 0. The summed E-state index contributed by atoms with van der Waals surface area (Å²) in [6.07, 6.45) is 0.767. The molecule has 2 rings (SSSR count). The van der Waals surface area contributed by atoms with Crippen molar-refractivity contribution in [3.63, 3.8) is 0 Å². The van der Waals surface area contributed by atoms with Crippen LogP contribution in [0.1, 0.15) is 18.5 Å². The lowest BCUT2D eigenvalue weighted by Crippen LogP contribution is -2.36. The monoisotopic (exact) mass is 242 g/mol. The molecule has 1 heterocycles. The molecule has 1 amide bonds. The minimum absolute atomic E-state index is 0.159. The molecule has 1 aromatic rings. The zero-order valence-electron chi connectivity index (χ0n) is 8.28. The first-order valence-corrected chi connectivity index (χ1v) is 5.61. The van der Waals surface area contributed by atoms with Crippen LogP contribution in [-0.4, -0.2) is 22.0 Å². The van der Waals surface area contributed by atoms with E-state index in [0.29, 0.717) is 18.5 Å². The Hall–Kier alpha value is -1.63. The minimum Gasteiger partial charge on any atom is -0.480 e. The third-order valence-corrected chi connectivity index (χ3v) is 3.32. The molecule has 0 aliphatic heterocycles. The van der Waals surface area contributed by atoms with Crippen LogP contribution in [-0.2, 0) is 16.1 Å². The molecule has 0 unspecified atom stereocenters. The molecule has 7 heteroatoms. The summed E-state index contributed by atoms with van der Waals surface area (Å²) in [5.74, 6) is -1.56. The molecule has 6 nitrogen and oxygen atoms in total. The van der Waals surface area contributed by atoms with E-state index < -0.39 is 17.3 Å². The summed E-state index contributed by atoms with van der Waals surface area (Å²) in [6, 6.07) is 0. The van der Waals surface area contributed by atoms with Crippen molar-refractivity contribution in [3.05, 3.63) is 20.7 Å². The van der Waals surface area contributed by atoms with Crippen LogP contribution < -0.4 is 10.2 Å². The van der Waals surface area contributed by atoms with Crippen LogP contribution in [0.5, 0.6) is 0 Å². The number of carboxylic acid groups (broad SMARTS) is 1. The van der Waals surface area contributed by atoms with Gasteiger partial charge in [0.2, 0.25) is 5.91 Å². The third-order valence-electron chi connectivity index (χ3n) is 2.60. The fourth-order valence-electron chi connectivity index (χ4n) is 1.41. The van der Waals surface area contributed by atoms with Gasteiger partial charge in [0.05, 0.1) is 6.54 Å². The zero-order valence-corrected chi connectivity index (χ0v) is 9.10. The number of thiazole rings is 1. The average Bonchev–Trinajstić information content (AvgIpc) is 2.95. The molecular weight excluding hydrogens is 232 g/mol. The maximum absolute atomic E-state index is 11.6. The van der Waals surface area contributed by atoms with Gasteiger partial charge in [-0.25, -0.2) is 0 Å². The number of amides is 1. The maximum Gasteiger partial charge on any atom is 0.319 e. The van der Waals surface area contributed by atoms with Gasteiger partial charge in [0.1, 0.15) is 5.41 Å². The van der Waals surface area contributed by atoms with E-state index in [-0.39, 0.29) is 11.4 Å². The number of carboxylic acids is 1. The van der Waals surface area contributed by atoms with Gasteiger partial charge in [0.15, 0.2) is 0 Å². The van der Waals surface area contributed by atoms with E-state index in [4.69, 9.17) is 5.11 Å².